The van der Waals surface area contributed by atoms with Crippen LogP contribution in [0.15, 0.2) is 0 Å². The number of rotatable bonds is 6. The molecule has 2 fully saturated rings. The van der Waals surface area contributed by atoms with E-state index >= 15 is 0 Å². The summed E-state index contributed by atoms with van der Waals surface area (Å²) in [6, 6.07) is 0. The second-order valence-corrected chi connectivity index (χ2v) is 5.61. The Morgan fingerprint density at radius 1 is 1.28 bits per heavy atom. The van der Waals surface area contributed by atoms with Gasteiger partial charge >= 0.3 is 0 Å². The van der Waals surface area contributed by atoms with Crippen molar-refractivity contribution in [1.82, 2.24) is 5.32 Å². The molecule has 1 amide bonds. The van der Waals surface area contributed by atoms with Crippen LogP contribution in [-0.2, 0) is 14.3 Å². The number of hydrogen-bond acceptors (Lipinski definition) is 3. The molecule has 0 spiro atoms. The van der Waals surface area contributed by atoms with Crippen molar-refractivity contribution in [3.63, 3.8) is 0 Å². The molecule has 4 heteroatoms. The lowest BCUT2D eigenvalue weighted by Gasteiger charge is -2.30. The van der Waals surface area contributed by atoms with Gasteiger partial charge in [-0.2, -0.15) is 0 Å². The molecule has 0 aromatic heterocycles. The summed E-state index contributed by atoms with van der Waals surface area (Å²) in [4.78, 5) is 11.5. The molecule has 2 rings (SSSR count). The maximum atomic E-state index is 11.5. The standard InChI is InChI=1S/C14H25NO3/c1-10(9-15-14(16)11-6-7-11)18-13-5-3-4-12(8-13)17-2/h10-13H,3-9H2,1-2H3,(H,15,16). The zero-order chi connectivity index (χ0) is 13.0. The fourth-order valence-corrected chi connectivity index (χ4v) is 2.55. The van der Waals surface area contributed by atoms with Gasteiger partial charge < -0.3 is 14.8 Å². The summed E-state index contributed by atoms with van der Waals surface area (Å²) in [6.07, 6.45) is 7.24. The van der Waals surface area contributed by atoms with Crippen LogP contribution in [0.2, 0.25) is 0 Å². The molecule has 3 atom stereocenters. The number of ether oxygens (including phenoxy) is 2. The Labute approximate surface area is 109 Å². The molecule has 2 saturated carbocycles. The molecule has 3 unspecified atom stereocenters. The molecule has 0 aromatic carbocycles. The van der Waals surface area contributed by atoms with Crippen LogP contribution in [0, 0.1) is 5.92 Å². The molecule has 0 radical (unpaired) electrons. The maximum Gasteiger partial charge on any atom is 0.223 e. The number of carbonyl (C=O) groups is 1. The van der Waals surface area contributed by atoms with Gasteiger partial charge in [-0.1, -0.05) is 0 Å². The van der Waals surface area contributed by atoms with E-state index in [1.165, 1.54) is 6.42 Å². The lowest BCUT2D eigenvalue weighted by atomic mass is 9.95. The fourth-order valence-electron chi connectivity index (χ4n) is 2.55. The van der Waals surface area contributed by atoms with Crippen molar-refractivity contribution in [3.8, 4) is 0 Å². The zero-order valence-electron chi connectivity index (χ0n) is 11.5. The topological polar surface area (TPSA) is 47.6 Å². The van der Waals surface area contributed by atoms with E-state index in [0.717, 1.165) is 32.1 Å². The van der Waals surface area contributed by atoms with Crippen LogP contribution < -0.4 is 5.32 Å². The number of amides is 1. The highest BCUT2D eigenvalue weighted by Crippen LogP contribution is 2.28. The molecule has 2 aliphatic carbocycles. The van der Waals surface area contributed by atoms with Gasteiger partial charge in [0.1, 0.15) is 0 Å². The van der Waals surface area contributed by atoms with E-state index in [0.29, 0.717) is 12.6 Å². The molecular weight excluding hydrogens is 230 g/mol. The lowest BCUT2D eigenvalue weighted by molar-refractivity contribution is -0.123. The van der Waals surface area contributed by atoms with Crippen LogP contribution in [-0.4, -0.2) is 37.9 Å². The Bertz CT molecular complexity index is 278. The summed E-state index contributed by atoms with van der Waals surface area (Å²) in [5.74, 6) is 0.480. The Kier molecular flexibility index (Phi) is 5.01. The van der Waals surface area contributed by atoms with Crippen LogP contribution >= 0.6 is 0 Å². The maximum absolute atomic E-state index is 11.5. The monoisotopic (exact) mass is 255 g/mol. The van der Waals surface area contributed by atoms with Crippen LogP contribution in [0.5, 0.6) is 0 Å². The SMILES string of the molecule is COC1CCCC(OC(C)CNC(=O)C2CC2)C1. The Morgan fingerprint density at radius 3 is 2.67 bits per heavy atom. The fraction of sp³-hybridized carbons (Fsp3) is 0.929. The summed E-state index contributed by atoms with van der Waals surface area (Å²) in [5.41, 5.74) is 0. The Morgan fingerprint density at radius 2 is 2.00 bits per heavy atom. The van der Waals surface area contributed by atoms with Gasteiger partial charge in [0.15, 0.2) is 0 Å². The lowest BCUT2D eigenvalue weighted by Crippen LogP contribution is -2.37. The van der Waals surface area contributed by atoms with Gasteiger partial charge in [-0.15, -0.1) is 0 Å². The van der Waals surface area contributed by atoms with Crippen molar-refractivity contribution in [2.75, 3.05) is 13.7 Å². The average Bonchev–Trinajstić information content (AvgIpc) is 3.20. The normalized spacial score (nSPS) is 29.9. The number of hydrogen-bond donors (Lipinski definition) is 1. The Balaban J connectivity index is 1.63. The summed E-state index contributed by atoms with van der Waals surface area (Å²) < 4.78 is 11.4. The number of nitrogens with one attached hydrogen (secondary N) is 1. The van der Waals surface area contributed by atoms with Crippen LogP contribution in [0.4, 0.5) is 0 Å². The molecular formula is C14H25NO3. The van der Waals surface area contributed by atoms with Crippen molar-refractivity contribution in [2.24, 2.45) is 5.92 Å². The minimum atomic E-state index is 0.0910. The van der Waals surface area contributed by atoms with Gasteiger partial charge in [-0.05, 0) is 45.4 Å². The van der Waals surface area contributed by atoms with Crippen molar-refractivity contribution >= 4 is 5.91 Å². The third-order valence-electron chi connectivity index (χ3n) is 3.85. The van der Waals surface area contributed by atoms with Crippen LogP contribution in [0.1, 0.15) is 45.4 Å². The second kappa shape index (κ2) is 6.53. The van der Waals surface area contributed by atoms with Crippen LogP contribution in [0.3, 0.4) is 0 Å². The minimum absolute atomic E-state index is 0.0910. The Hall–Kier alpha value is -0.610. The largest absolute Gasteiger partial charge is 0.381 e. The van der Waals surface area contributed by atoms with E-state index < -0.39 is 0 Å². The first-order valence-electron chi connectivity index (χ1n) is 7.15. The minimum Gasteiger partial charge on any atom is -0.381 e. The average molecular weight is 255 g/mol. The third-order valence-corrected chi connectivity index (χ3v) is 3.85. The molecule has 2 aliphatic rings. The van der Waals surface area contributed by atoms with Crippen molar-refractivity contribution in [1.29, 1.82) is 0 Å². The van der Waals surface area contributed by atoms with E-state index in [4.69, 9.17) is 9.47 Å². The summed E-state index contributed by atoms with van der Waals surface area (Å²) in [6.45, 7) is 2.66. The highest BCUT2D eigenvalue weighted by Gasteiger charge is 2.30. The van der Waals surface area contributed by atoms with E-state index in [-0.39, 0.29) is 24.0 Å². The number of carbonyl (C=O) groups excluding carboxylic acids is 1. The summed E-state index contributed by atoms with van der Waals surface area (Å²) in [5, 5.41) is 2.96. The molecule has 18 heavy (non-hydrogen) atoms. The summed E-state index contributed by atoms with van der Waals surface area (Å²) >= 11 is 0. The van der Waals surface area contributed by atoms with Crippen LogP contribution in [0.25, 0.3) is 0 Å². The van der Waals surface area contributed by atoms with Crippen molar-refractivity contribution in [2.45, 2.75) is 63.8 Å². The second-order valence-electron chi connectivity index (χ2n) is 5.61. The van der Waals surface area contributed by atoms with E-state index in [2.05, 4.69) is 5.32 Å². The third kappa shape index (κ3) is 4.25. The summed E-state index contributed by atoms with van der Waals surface area (Å²) in [7, 11) is 1.77. The van der Waals surface area contributed by atoms with Gasteiger partial charge in [-0.3, -0.25) is 4.79 Å². The molecule has 4 nitrogen and oxygen atoms in total. The molecule has 0 aromatic rings. The smallest absolute Gasteiger partial charge is 0.223 e. The first-order valence-corrected chi connectivity index (χ1v) is 7.15. The van der Waals surface area contributed by atoms with E-state index in [1.54, 1.807) is 7.11 Å². The van der Waals surface area contributed by atoms with Crippen molar-refractivity contribution < 1.29 is 14.3 Å². The molecule has 0 heterocycles. The van der Waals surface area contributed by atoms with Gasteiger partial charge in [0, 0.05) is 19.6 Å². The first kappa shape index (κ1) is 13.8. The van der Waals surface area contributed by atoms with Gasteiger partial charge in [0.25, 0.3) is 0 Å². The molecule has 0 aliphatic heterocycles. The van der Waals surface area contributed by atoms with Crippen molar-refractivity contribution in [3.05, 3.63) is 0 Å². The van der Waals surface area contributed by atoms with Gasteiger partial charge in [-0.25, -0.2) is 0 Å². The highest BCUT2D eigenvalue weighted by molar-refractivity contribution is 5.80. The molecule has 0 bridgehead atoms. The molecule has 1 N–H and O–H groups in total. The quantitative estimate of drug-likeness (QED) is 0.788. The number of methoxy groups -OCH3 is 1. The molecule has 0 saturated heterocycles. The zero-order valence-corrected chi connectivity index (χ0v) is 11.5. The molecule has 104 valence electrons. The highest BCUT2D eigenvalue weighted by atomic mass is 16.5. The van der Waals surface area contributed by atoms with Gasteiger partial charge in [0.05, 0.1) is 18.3 Å². The first-order chi connectivity index (χ1) is 8.69. The van der Waals surface area contributed by atoms with E-state index in [1.807, 2.05) is 6.92 Å². The predicted octanol–water partition coefficient (Wildman–Crippen LogP) is 1.88. The van der Waals surface area contributed by atoms with E-state index in [9.17, 15) is 4.79 Å². The predicted molar refractivity (Wildman–Crippen MR) is 69.3 cm³/mol. The van der Waals surface area contributed by atoms with Gasteiger partial charge in [0.2, 0.25) is 5.91 Å².